The van der Waals surface area contributed by atoms with E-state index in [9.17, 15) is 9.59 Å². The largest absolute Gasteiger partial charge is 0.477 e. The predicted molar refractivity (Wildman–Crippen MR) is 59.8 cm³/mol. The van der Waals surface area contributed by atoms with Crippen molar-refractivity contribution in [1.29, 1.82) is 0 Å². The minimum atomic E-state index is -1.14. The third-order valence-electron chi connectivity index (χ3n) is 3.17. The normalized spacial score (nSPS) is 17.2. The highest BCUT2D eigenvalue weighted by molar-refractivity contribution is 5.86. The van der Waals surface area contributed by atoms with Crippen LogP contribution < -0.4 is 5.56 Å². The average molecular weight is 221 g/mol. The maximum Gasteiger partial charge on any atom is 0.341 e. The van der Waals surface area contributed by atoms with Gasteiger partial charge in [0.1, 0.15) is 5.56 Å². The van der Waals surface area contributed by atoms with Crippen LogP contribution in [-0.4, -0.2) is 15.6 Å². The molecular weight excluding hydrogens is 206 g/mol. The molecule has 0 aliphatic heterocycles. The first-order chi connectivity index (χ1) is 7.70. The van der Waals surface area contributed by atoms with Crippen molar-refractivity contribution in [2.75, 3.05) is 0 Å². The maximum atomic E-state index is 11.9. The van der Waals surface area contributed by atoms with Crippen LogP contribution in [0.4, 0.5) is 0 Å². The molecule has 0 amide bonds. The van der Waals surface area contributed by atoms with Gasteiger partial charge in [-0.2, -0.15) is 0 Å². The summed E-state index contributed by atoms with van der Waals surface area (Å²) in [6.45, 7) is 0. The summed E-state index contributed by atoms with van der Waals surface area (Å²) in [5.41, 5.74) is -0.505. The van der Waals surface area contributed by atoms with Crippen LogP contribution in [0.15, 0.2) is 23.1 Å². The number of pyridine rings is 1. The molecule has 0 bridgehead atoms. The third-order valence-corrected chi connectivity index (χ3v) is 3.17. The van der Waals surface area contributed by atoms with Crippen molar-refractivity contribution in [1.82, 2.24) is 4.57 Å². The Morgan fingerprint density at radius 2 is 2.00 bits per heavy atom. The van der Waals surface area contributed by atoms with Crippen LogP contribution in [0.3, 0.4) is 0 Å². The monoisotopic (exact) mass is 221 g/mol. The van der Waals surface area contributed by atoms with Crippen molar-refractivity contribution < 1.29 is 9.90 Å². The zero-order valence-corrected chi connectivity index (χ0v) is 9.06. The molecule has 1 fully saturated rings. The first kappa shape index (κ1) is 10.9. The molecule has 1 saturated carbocycles. The molecule has 2 rings (SSSR count). The third kappa shape index (κ3) is 2.01. The number of carboxylic acids is 1. The number of nitrogens with zero attached hydrogens (tertiary/aromatic N) is 1. The highest BCUT2D eigenvalue weighted by atomic mass is 16.4. The first-order valence-corrected chi connectivity index (χ1v) is 5.64. The van der Waals surface area contributed by atoms with Gasteiger partial charge in [-0.25, -0.2) is 4.79 Å². The molecule has 1 aromatic rings. The molecule has 0 unspecified atom stereocenters. The highest BCUT2D eigenvalue weighted by Gasteiger charge is 2.18. The van der Waals surface area contributed by atoms with E-state index in [2.05, 4.69) is 0 Å². The van der Waals surface area contributed by atoms with Crippen molar-refractivity contribution in [3.8, 4) is 0 Å². The summed E-state index contributed by atoms with van der Waals surface area (Å²) in [5, 5.41) is 8.88. The summed E-state index contributed by atoms with van der Waals surface area (Å²) in [4.78, 5) is 22.7. The molecule has 16 heavy (non-hydrogen) atoms. The summed E-state index contributed by atoms with van der Waals surface area (Å²) < 4.78 is 1.59. The van der Waals surface area contributed by atoms with Gasteiger partial charge in [0.2, 0.25) is 0 Å². The van der Waals surface area contributed by atoms with Crippen LogP contribution in [0.5, 0.6) is 0 Å². The van der Waals surface area contributed by atoms with Crippen molar-refractivity contribution in [3.63, 3.8) is 0 Å². The SMILES string of the molecule is O=C(O)c1cccn(C2CCCCC2)c1=O. The number of carboxylic acid groups (broad SMARTS) is 1. The van der Waals surface area contributed by atoms with E-state index >= 15 is 0 Å². The zero-order chi connectivity index (χ0) is 11.5. The summed E-state index contributed by atoms with van der Waals surface area (Å²) in [6.07, 6.45) is 7.10. The Balaban J connectivity index is 2.37. The van der Waals surface area contributed by atoms with E-state index in [1.807, 2.05) is 0 Å². The number of rotatable bonds is 2. The van der Waals surface area contributed by atoms with Gasteiger partial charge in [0.15, 0.2) is 0 Å². The van der Waals surface area contributed by atoms with Crippen LogP contribution in [0.2, 0.25) is 0 Å². The van der Waals surface area contributed by atoms with Gasteiger partial charge < -0.3 is 9.67 Å². The fourth-order valence-corrected chi connectivity index (χ4v) is 2.32. The quantitative estimate of drug-likeness (QED) is 0.831. The molecule has 1 aliphatic rings. The van der Waals surface area contributed by atoms with E-state index in [0.29, 0.717) is 0 Å². The van der Waals surface area contributed by atoms with Crippen molar-refractivity contribution >= 4 is 5.97 Å². The molecule has 4 heteroatoms. The predicted octanol–water partition coefficient (Wildman–Crippen LogP) is 2.05. The minimum Gasteiger partial charge on any atom is -0.477 e. The number of hydrogen-bond acceptors (Lipinski definition) is 2. The second-order valence-electron chi connectivity index (χ2n) is 4.23. The fourth-order valence-electron chi connectivity index (χ4n) is 2.32. The lowest BCUT2D eigenvalue weighted by molar-refractivity contribution is 0.0694. The van der Waals surface area contributed by atoms with Crippen molar-refractivity contribution in [2.24, 2.45) is 0 Å². The van der Waals surface area contributed by atoms with Crippen molar-refractivity contribution in [2.45, 2.75) is 38.1 Å². The molecule has 1 N–H and O–H groups in total. The summed E-state index contributed by atoms with van der Waals surface area (Å²) in [7, 11) is 0. The molecule has 0 aromatic carbocycles. The van der Waals surface area contributed by atoms with Gasteiger partial charge in [0.25, 0.3) is 5.56 Å². The van der Waals surface area contributed by atoms with Gasteiger partial charge >= 0.3 is 5.97 Å². The van der Waals surface area contributed by atoms with Gasteiger partial charge in [-0.3, -0.25) is 4.79 Å². The smallest absolute Gasteiger partial charge is 0.341 e. The second kappa shape index (κ2) is 4.51. The second-order valence-corrected chi connectivity index (χ2v) is 4.23. The topological polar surface area (TPSA) is 59.3 Å². The molecule has 0 radical (unpaired) electrons. The Morgan fingerprint density at radius 1 is 1.31 bits per heavy atom. The lowest BCUT2D eigenvalue weighted by atomic mass is 9.95. The van der Waals surface area contributed by atoms with Crippen molar-refractivity contribution in [3.05, 3.63) is 34.2 Å². The van der Waals surface area contributed by atoms with Gasteiger partial charge in [-0.05, 0) is 25.0 Å². The average Bonchev–Trinajstić information content (AvgIpc) is 2.30. The van der Waals surface area contributed by atoms with E-state index in [4.69, 9.17) is 5.11 Å². The Bertz CT molecular complexity index is 444. The molecule has 4 nitrogen and oxygen atoms in total. The van der Waals surface area contributed by atoms with Crippen LogP contribution in [0.1, 0.15) is 48.5 Å². The van der Waals surface area contributed by atoms with Gasteiger partial charge in [0, 0.05) is 12.2 Å². The molecule has 1 aromatic heterocycles. The van der Waals surface area contributed by atoms with E-state index in [1.165, 1.54) is 12.5 Å². The van der Waals surface area contributed by atoms with Crippen LogP contribution in [0, 0.1) is 0 Å². The minimum absolute atomic E-state index is 0.131. The number of aromatic carboxylic acids is 1. The zero-order valence-electron chi connectivity index (χ0n) is 9.06. The van der Waals surface area contributed by atoms with Gasteiger partial charge in [0.05, 0.1) is 0 Å². The molecule has 0 spiro atoms. The summed E-state index contributed by atoms with van der Waals surface area (Å²) in [5.74, 6) is -1.14. The summed E-state index contributed by atoms with van der Waals surface area (Å²) in [6, 6.07) is 3.18. The number of aromatic nitrogens is 1. The Hall–Kier alpha value is -1.58. The van der Waals surface area contributed by atoms with E-state index in [0.717, 1.165) is 25.7 Å². The maximum absolute atomic E-state index is 11.9. The Labute approximate surface area is 93.5 Å². The van der Waals surface area contributed by atoms with Crippen LogP contribution in [-0.2, 0) is 0 Å². The molecule has 86 valence electrons. The van der Waals surface area contributed by atoms with Gasteiger partial charge in [-0.15, -0.1) is 0 Å². The van der Waals surface area contributed by atoms with E-state index < -0.39 is 5.97 Å². The lowest BCUT2D eigenvalue weighted by Crippen LogP contribution is -2.29. The molecular formula is C12H15NO3. The van der Waals surface area contributed by atoms with Crippen LogP contribution >= 0.6 is 0 Å². The first-order valence-electron chi connectivity index (χ1n) is 5.64. The van der Waals surface area contributed by atoms with E-state index in [1.54, 1.807) is 16.8 Å². The number of hydrogen-bond donors (Lipinski definition) is 1. The standard InChI is InChI=1S/C12H15NO3/c14-11-10(12(15)16)7-4-8-13(11)9-5-2-1-3-6-9/h4,7-9H,1-3,5-6H2,(H,15,16). The molecule has 1 heterocycles. The van der Waals surface area contributed by atoms with E-state index in [-0.39, 0.29) is 17.2 Å². The Kier molecular flexibility index (Phi) is 3.08. The highest BCUT2D eigenvalue weighted by Crippen LogP contribution is 2.26. The molecule has 1 aliphatic carbocycles. The fraction of sp³-hybridized carbons (Fsp3) is 0.500. The lowest BCUT2D eigenvalue weighted by Gasteiger charge is -2.23. The molecule has 0 saturated heterocycles. The summed E-state index contributed by atoms with van der Waals surface area (Å²) >= 11 is 0. The van der Waals surface area contributed by atoms with Crippen LogP contribution in [0.25, 0.3) is 0 Å². The number of carbonyl (C=O) groups is 1. The van der Waals surface area contributed by atoms with Gasteiger partial charge in [-0.1, -0.05) is 19.3 Å². The Morgan fingerprint density at radius 3 is 2.62 bits per heavy atom. The molecule has 0 atom stereocenters.